The highest BCUT2D eigenvalue weighted by Crippen LogP contribution is 2.12. The van der Waals surface area contributed by atoms with Gasteiger partial charge in [0.2, 0.25) is 5.91 Å². The van der Waals surface area contributed by atoms with Crippen LogP contribution >= 0.6 is 0 Å². The Labute approximate surface area is 110 Å². The number of benzene rings is 1. The molecule has 4 heteroatoms. The molecular weight excluding hydrogens is 245 g/mol. The molecule has 1 aromatic carbocycles. The third-order valence-electron chi connectivity index (χ3n) is 2.63. The highest BCUT2D eigenvalue weighted by molar-refractivity contribution is 5.91. The van der Waals surface area contributed by atoms with Gasteiger partial charge in [0.1, 0.15) is 11.6 Å². The Morgan fingerprint density at radius 2 is 2.05 bits per heavy atom. The van der Waals surface area contributed by atoms with Crippen LogP contribution in [-0.4, -0.2) is 5.91 Å². The second-order valence-electron chi connectivity index (χ2n) is 4.13. The van der Waals surface area contributed by atoms with E-state index in [1.807, 2.05) is 6.92 Å². The number of rotatable bonds is 4. The lowest BCUT2D eigenvalue weighted by Crippen LogP contribution is -2.24. The van der Waals surface area contributed by atoms with E-state index in [1.54, 1.807) is 36.6 Å². The first kappa shape index (κ1) is 13.1. The smallest absolute Gasteiger partial charge is 0.244 e. The molecule has 1 amide bonds. The van der Waals surface area contributed by atoms with Crippen molar-refractivity contribution in [1.82, 2.24) is 5.32 Å². The Morgan fingerprint density at radius 1 is 1.32 bits per heavy atom. The number of nitrogens with one attached hydrogen (secondary N) is 1. The van der Waals surface area contributed by atoms with E-state index in [2.05, 4.69) is 5.32 Å². The zero-order valence-corrected chi connectivity index (χ0v) is 10.5. The molecule has 0 radical (unpaired) electrons. The minimum atomic E-state index is -0.298. The van der Waals surface area contributed by atoms with Crippen molar-refractivity contribution in [1.29, 1.82) is 0 Å². The van der Waals surface area contributed by atoms with Crippen LogP contribution < -0.4 is 5.32 Å². The third-order valence-corrected chi connectivity index (χ3v) is 2.63. The molecule has 0 fully saturated rings. The van der Waals surface area contributed by atoms with Gasteiger partial charge in [-0.1, -0.05) is 12.1 Å². The molecule has 1 atom stereocenters. The van der Waals surface area contributed by atoms with E-state index >= 15 is 0 Å². The Hall–Kier alpha value is -2.36. The normalized spacial score (nSPS) is 12.5. The molecule has 1 heterocycles. The molecule has 0 aliphatic carbocycles. The fraction of sp³-hybridized carbons (Fsp3) is 0.133. The first-order valence-corrected chi connectivity index (χ1v) is 5.93. The second-order valence-corrected chi connectivity index (χ2v) is 4.13. The highest BCUT2D eigenvalue weighted by atomic mass is 19.1. The molecule has 3 nitrogen and oxygen atoms in total. The monoisotopic (exact) mass is 259 g/mol. The fourth-order valence-corrected chi connectivity index (χ4v) is 1.62. The van der Waals surface area contributed by atoms with Crippen LogP contribution in [0.1, 0.15) is 24.3 Å². The summed E-state index contributed by atoms with van der Waals surface area (Å²) in [4.78, 5) is 11.7. The molecule has 0 spiro atoms. The lowest BCUT2D eigenvalue weighted by molar-refractivity contribution is -0.117. The number of carbonyl (C=O) groups excluding carboxylic acids is 1. The van der Waals surface area contributed by atoms with Gasteiger partial charge in [-0.05, 0) is 42.8 Å². The minimum absolute atomic E-state index is 0.194. The van der Waals surface area contributed by atoms with Crippen LogP contribution in [0.15, 0.2) is 53.2 Å². The average Bonchev–Trinajstić information content (AvgIpc) is 2.92. The lowest BCUT2D eigenvalue weighted by atomic mass is 10.2. The van der Waals surface area contributed by atoms with Crippen LogP contribution in [0.5, 0.6) is 0 Å². The van der Waals surface area contributed by atoms with Crippen molar-refractivity contribution in [3.8, 4) is 0 Å². The lowest BCUT2D eigenvalue weighted by Gasteiger charge is -2.08. The van der Waals surface area contributed by atoms with Gasteiger partial charge >= 0.3 is 0 Å². The average molecular weight is 259 g/mol. The SMILES string of the molecule is C[C@@H](NC(=O)/C=C/c1ccc(F)cc1)c1ccco1. The molecule has 0 saturated heterocycles. The predicted octanol–water partition coefficient (Wildman–Crippen LogP) is 3.31. The largest absolute Gasteiger partial charge is 0.467 e. The standard InChI is InChI=1S/C15H14FNO2/c1-11(14-3-2-10-19-14)17-15(18)9-6-12-4-7-13(16)8-5-12/h2-11H,1H3,(H,17,18)/b9-6+/t11-/m1/s1. The van der Waals surface area contributed by atoms with E-state index in [1.165, 1.54) is 18.2 Å². The fourth-order valence-electron chi connectivity index (χ4n) is 1.62. The topological polar surface area (TPSA) is 42.2 Å². The summed E-state index contributed by atoms with van der Waals surface area (Å²) in [7, 11) is 0. The number of carbonyl (C=O) groups is 1. The highest BCUT2D eigenvalue weighted by Gasteiger charge is 2.09. The van der Waals surface area contributed by atoms with Crippen LogP contribution in [0.3, 0.4) is 0 Å². The van der Waals surface area contributed by atoms with Crippen LogP contribution in [0.4, 0.5) is 4.39 Å². The van der Waals surface area contributed by atoms with Crippen molar-refractivity contribution in [2.75, 3.05) is 0 Å². The van der Waals surface area contributed by atoms with Crippen molar-refractivity contribution in [3.63, 3.8) is 0 Å². The number of halogens is 1. The van der Waals surface area contributed by atoms with E-state index in [-0.39, 0.29) is 17.8 Å². The maximum Gasteiger partial charge on any atom is 0.244 e. The first-order valence-electron chi connectivity index (χ1n) is 5.93. The van der Waals surface area contributed by atoms with Crippen LogP contribution in [0, 0.1) is 5.82 Å². The van der Waals surface area contributed by atoms with Crippen molar-refractivity contribution in [2.45, 2.75) is 13.0 Å². The minimum Gasteiger partial charge on any atom is -0.467 e. The van der Waals surface area contributed by atoms with Gasteiger partial charge in [0.25, 0.3) is 0 Å². The van der Waals surface area contributed by atoms with Crippen LogP contribution in [0.25, 0.3) is 6.08 Å². The molecule has 0 saturated carbocycles. The number of furan rings is 1. The number of hydrogen-bond acceptors (Lipinski definition) is 2. The quantitative estimate of drug-likeness (QED) is 0.856. The molecule has 2 aromatic rings. The van der Waals surface area contributed by atoms with Crippen molar-refractivity contribution < 1.29 is 13.6 Å². The molecule has 0 aliphatic heterocycles. The Bertz CT molecular complexity index is 558. The van der Waals surface area contributed by atoms with Crippen molar-refractivity contribution >= 4 is 12.0 Å². The molecule has 2 rings (SSSR count). The molecule has 0 unspecified atom stereocenters. The van der Waals surface area contributed by atoms with E-state index in [0.29, 0.717) is 5.76 Å². The summed E-state index contributed by atoms with van der Waals surface area (Å²) >= 11 is 0. The van der Waals surface area contributed by atoms with Gasteiger partial charge in [0, 0.05) is 6.08 Å². The molecule has 1 aromatic heterocycles. The van der Waals surface area contributed by atoms with Gasteiger partial charge in [-0.25, -0.2) is 4.39 Å². The summed E-state index contributed by atoms with van der Waals surface area (Å²) in [5.41, 5.74) is 0.766. The van der Waals surface area contributed by atoms with Gasteiger partial charge in [-0.15, -0.1) is 0 Å². The second kappa shape index (κ2) is 6.00. The zero-order valence-electron chi connectivity index (χ0n) is 10.5. The Balaban J connectivity index is 1.92. The molecule has 19 heavy (non-hydrogen) atoms. The molecule has 0 bridgehead atoms. The summed E-state index contributed by atoms with van der Waals surface area (Å²) < 4.78 is 17.9. The van der Waals surface area contributed by atoms with Crippen LogP contribution in [-0.2, 0) is 4.79 Å². The Morgan fingerprint density at radius 3 is 2.68 bits per heavy atom. The molecule has 0 aliphatic rings. The van der Waals surface area contributed by atoms with Gasteiger partial charge in [-0.3, -0.25) is 4.79 Å². The molecule has 1 N–H and O–H groups in total. The molecule has 98 valence electrons. The van der Waals surface area contributed by atoms with E-state index in [9.17, 15) is 9.18 Å². The summed E-state index contributed by atoms with van der Waals surface area (Å²) in [6.07, 6.45) is 4.60. The number of hydrogen-bond donors (Lipinski definition) is 1. The third kappa shape index (κ3) is 3.81. The molecular formula is C15H14FNO2. The predicted molar refractivity (Wildman–Crippen MR) is 70.7 cm³/mol. The van der Waals surface area contributed by atoms with Gasteiger partial charge in [0.05, 0.1) is 12.3 Å². The number of amides is 1. The summed E-state index contributed by atoms with van der Waals surface area (Å²) in [5, 5.41) is 2.77. The maximum absolute atomic E-state index is 12.7. The van der Waals surface area contributed by atoms with E-state index in [0.717, 1.165) is 5.56 Å². The van der Waals surface area contributed by atoms with Gasteiger partial charge in [-0.2, -0.15) is 0 Å². The van der Waals surface area contributed by atoms with Crippen LogP contribution in [0.2, 0.25) is 0 Å². The summed E-state index contributed by atoms with van der Waals surface area (Å²) in [5.74, 6) is 0.171. The summed E-state index contributed by atoms with van der Waals surface area (Å²) in [6.45, 7) is 1.84. The summed E-state index contributed by atoms with van der Waals surface area (Å²) in [6, 6.07) is 9.29. The van der Waals surface area contributed by atoms with Crippen molar-refractivity contribution in [2.24, 2.45) is 0 Å². The van der Waals surface area contributed by atoms with Gasteiger partial charge < -0.3 is 9.73 Å². The van der Waals surface area contributed by atoms with E-state index < -0.39 is 0 Å². The van der Waals surface area contributed by atoms with Gasteiger partial charge in [0.15, 0.2) is 0 Å². The Kier molecular flexibility index (Phi) is 4.13. The van der Waals surface area contributed by atoms with E-state index in [4.69, 9.17) is 4.42 Å². The maximum atomic E-state index is 12.7. The van der Waals surface area contributed by atoms with Crippen molar-refractivity contribution in [3.05, 3.63) is 65.9 Å². The first-order chi connectivity index (χ1) is 9.15. The zero-order chi connectivity index (χ0) is 13.7.